The van der Waals surface area contributed by atoms with E-state index in [9.17, 15) is 4.39 Å². The third-order valence-electron chi connectivity index (χ3n) is 4.02. The van der Waals surface area contributed by atoms with Crippen molar-refractivity contribution in [2.45, 2.75) is 26.4 Å². The Hall–Kier alpha value is -1.71. The standard InChI is InChI=1S/C18H23FN2/c1-13-4-7-16(10-14(13)2)18(11-20)21(3)12-15-5-8-17(19)9-6-15/h4-10,18H,11-12,20H2,1-3H3. The molecule has 0 aliphatic rings. The lowest BCUT2D eigenvalue weighted by Crippen LogP contribution is -2.30. The van der Waals surface area contributed by atoms with Crippen molar-refractivity contribution in [3.63, 3.8) is 0 Å². The average Bonchev–Trinajstić information content (AvgIpc) is 2.46. The van der Waals surface area contributed by atoms with Gasteiger partial charge in [0.1, 0.15) is 5.82 Å². The molecule has 112 valence electrons. The van der Waals surface area contributed by atoms with Crippen molar-refractivity contribution in [3.05, 3.63) is 70.5 Å². The van der Waals surface area contributed by atoms with Gasteiger partial charge in [0.25, 0.3) is 0 Å². The number of hydrogen-bond acceptors (Lipinski definition) is 2. The second-order valence-electron chi connectivity index (χ2n) is 5.64. The molecule has 0 aliphatic heterocycles. The van der Waals surface area contributed by atoms with Gasteiger partial charge < -0.3 is 5.73 Å². The minimum absolute atomic E-state index is 0.161. The maximum atomic E-state index is 13.0. The van der Waals surface area contributed by atoms with Crippen molar-refractivity contribution in [3.8, 4) is 0 Å². The molecular formula is C18H23FN2. The highest BCUT2D eigenvalue weighted by molar-refractivity contribution is 5.32. The molecular weight excluding hydrogens is 263 g/mol. The van der Waals surface area contributed by atoms with Crippen LogP contribution in [0, 0.1) is 19.7 Å². The molecule has 0 saturated heterocycles. The smallest absolute Gasteiger partial charge is 0.123 e. The predicted octanol–water partition coefficient (Wildman–Crippen LogP) is 3.57. The summed E-state index contributed by atoms with van der Waals surface area (Å²) in [6, 6.07) is 13.3. The van der Waals surface area contributed by atoms with Crippen molar-refractivity contribution in [1.29, 1.82) is 0 Å². The van der Waals surface area contributed by atoms with Crippen molar-refractivity contribution in [2.24, 2.45) is 5.73 Å². The third-order valence-corrected chi connectivity index (χ3v) is 4.02. The summed E-state index contributed by atoms with van der Waals surface area (Å²) in [6.07, 6.45) is 0. The fourth-order valence-corrected chi connectivity index (χ4v) is 2.53. The highest BCUT2D eigenvalue weighted by Gasteiger charge is 2.16. The topological polar surface area (TPSA) is 29.3 Å². The number of benzene rings is 2. The first-order valence-corrected chi connectivity index (χ1v) is 7.23. The highest BCUT2D eigenvalue weighted by atomic mass is 19.1. The van der Waals surface area contributed by atoms with Gasteiger partial charge in [-0.25, -0.2) is 4.39 Å². The fraction of sp³-hybridized carbons (Fsp3) is 0.333. The Morgan fingerprint density at radius 2 is 1.71 bits per heavy atom. The van der Waals surface area contributed by atoms with E-state index in [-0.39, 0.29) is 11.9 Å². The van der Waals surface area contributed by atoms with Crippen LogP contribution in [0.3, 0.4) is 0 Å². The summed E-state index contributed by atoms with van der Waals surface area (Å²) in [5, 5.41) is 0. The van der Waals surface area contributed by atoms with Crippen molar-refractivity contribution < 1.29 is 4.39 Å². The van der Waals surface area contributed by atoms with Gasteiger partial charge in [-0.1, -0.05) is 30.3 Å². The van der Waals surface area contributed by atoms with E-state index in [0.717, 1.165) is 12.1 Å². The summed E-state index contributed by atoms with van der Waals surface area (Å²) in [6.45, 7) is 5.53. The molecule has 0 heterocycles. The normalized spacial score (nSPS) is 12.7. The fourth-order valence-electron chi connectivity index (χ4n) is 2.53. The number of halogens is 1. The zero-order chi connectivity index (χ0) is 15.4. The van der Waals surface area contributed by atoms with Crippen molar-refractivity contribution in [2.75, 3.05) is 13.6 Å². The van der Waals surface area contributed by atoms with Gasteiger partial charge in [0.05, 0.1) is 0 Å². The van der Waals surface area contributed by atoms with Gasteiger partial charge in [0.15, 0.2) is 0 Å². The highest BCUT2D eigenvalue weighted by Crippen LogP contribution is 2.22. The molecule has 3 heteroatoms. The van der Waals surface area contributed by atoms with Gasteiger partial charge in [0.2, 0.25) is 0 Å². The van der Waals surface area contributed by atoms with E-state index < -0.39 is 0 Å². The minimum atomic E-state index is -0.203. The minimum Gasteiger partial charge on any atom is -0.329 e. The van der Waals surface area contributed by atoms with E-state index in [1.165, 1.54) is 28.8 Å². The van der Waals surface area contributed by atoms with Gasteiger partial charge >= 0.3 is 0 Å². The molecule has 21 heavy (non-hydrogen) atoms. The lowest BCUT2D eigenvalue weighted by molar-refractivity contribution is 0.241. The van der Waals surface area contributed by atoms with Crippen molar-refractivity contribution >= 4 is 0 Å². The van der Waals surface area contributed by atoms with E-state index in [0.29, 0.717) is 6.54 Å². The Labute approximate surface area is 126 Å². The number of nitrogens with two attached hydrogens (primary N) is 1. The molecule has 2 N–H and O–H groups in total. The van der Waals surface area contributed by atoms with E-state index in [4.69, 9.17) is 5.73 Å². The molecule has 0 fully saturated rings. The lowest BCUT2D eigenvalue weighted by Gasteiger charge is -2.28. The Balaban J connectivity index is 2.15. The number of hydrogen-bond donors (Lipinski definition) is 1. The van der Waals surface area contributed by atoms with Crippen LogP contribution in [0.2, 0.25) is 0 Å². The number of likely N-dealkylation sites (N-methyl/N-ethyl adjacent to an activating group) is 1. The molecule has 0 spiro atoms. The molecule has 2 nitrogen and oxygen atoms in total. The molecule has 0 aliphatic carbocycles. The second kappa shape index (κ2) is 6.83. The summed E-state index contributed by atoms with van der Waals surface area (Å²) in [4.78, 5) is 2.21. The predicted molar refractivity (Wildman–Crippen MR) is 85.6 cm³/mol. The molecule has 0 aromatic heterocycles. The quantitative estimate of drug-likeness (QED) is 0.910. The number of aryl methyl sites for hydroxylation is 2. The van der Waals surface area contributed by atoms with Crippen molar-refractivity contribution in [1.82, 2.24) is 4.90 Å². The van der Waals surface area contributed by atoms with Crippen LogP contribution in [0.5, 0.6) is 0 Å². The summed E-state index contributed by atoms with van der Waals surface area (Å²) < 4.78 is 13.0. The second-order valence-corrected chi connectivity index (χ2v) is 5.64. The molecule has 2 aromatic carbocycles. The van der Waals surface area contributed by atoms with Crippen LogP contribution < -0.4 is 5.73 Å². The molecule has 2 rings (SSSR count). The molecule has 0 amide bonds. The molecule has 1 unspecified atom stereocenters. The molecule has 0 saturated carbocycles. The van der Waals surface area contributed by atoms with E-state index in [1.54, 1.807) is 0 Å². The zero-order valence-corrected chi connectivity index (χ0v) is 12.9. The Bertz CT molecular complexity index is 593. The first-order valence-electron chi connectivity index (χ1n) is 7.23. The van der Waals surface area contributed by atoms with Crippen LogP contribution in [-0.2, 0) is 6.54 Å². The maximum Gasteiger partial charge on any atom is 0.123 e. The van der Waals surface area contributed by atoms with Crippen LogP contribution in [0.4, 0.5) is 4.39 Å². The zero-order valence-electron chi connectivity index (χ0n) is 12.9. The van der Waals surface area contributed by atoms with Gasteiger partial charge in [-0.2, -0.15) is 0 Å². The summed E-state index contributed by atoms with van der Waals surface area (Å²) in [5.74, 6) is -0.203. The first kappa shape index (κ1) is 15.7. The van der Waals surface area contributed by atoms with Crippen LogP contribution in [-0.4, -0.2) is 18.5 Å². The Morgan fingerprint density at radius 3 is 2.29 bits per heavy atom. The molecule has 2 aromatic rings. The van der Waals surface area contributed by atoms with Crippen LogP contribution >= 0.6 is 0 Å². The van der Waals surface area contributed by atoms with Gasteiger partial charge in [-0.05, 0) is 55.3 Å². The molecule has 1 atom stereocenters. The SMILES string of the molecule is Cc1ccc(C(CN)N(C)Cc2ccc(F)cc2)cc1C. The van der Waals surface area contributed by atoms with Crippen LogP contribution in [0.25, 0.3) is 0 Å². The van der Waals surface area contributed by atoms with Crippen LogP contribution in [0.1, 0.15) is 28.3 Å². The van der Waals surface area contributed by atoms with E-state index in [1.807, 2.05) is 12.1 Å². The summed E-state index contributed by atoms with van der Waals surface area (Å²) in [5.41, 5.74) is 10.8. The Kier molecular flexibility index (Phi) is 5.10. The van der Waals surface area contributed by atoms with Gasteiger partial charge in [-0.3, -0.25) is 4.90 Å². The van der Waals surface area contributed by atoms with E-state index >= 15 is 0 Å². The largest absolute Gasteiger partial charge is 0.329 e. The lowest BCUT2D eigenvalue weighted by atomic mass is 10.00. The maximum absolute atomic E-state index is 13.0. The molecule has 0 radical (unpaired) electrons. The third kappa shape index (κ3) is 3.90. The average molecular weight is 286 g/mol. The Morgan fingerprint density at radius 1 is 1.05 bits per heavy atom. The first-order chi connectivity index (χ1) is 10.0. The summed E-state index contributed by atoms with van der Waals surface area (Å²) >= 11 is 0. The summed E-state index contributed by atoms with van der Waals surface area (Å²) in [7, 11) is 2.05. The van der Waals surface area contributed by atoms with E-state index in [2.05, 4.69) is 44.0 Å². The van der Waals surface area contributed by atoms with Gasteiger partial charge in [-0.15, -0.1) is 0 Å². The van der Waals surface area contributed by atoms with Gasteiger partial charge in [0, 0.05) is 19.1 Å². The monoisotopic (exact) mass is 286 g/mol. The number of rotatable bonds is 5. The van der Waals surface area contributed by atoms with Crippen LogP contribution in [0.15, 0.2) is 42.5 Å². The number of nitrogens with zero attached hydrogens (tertiary/aromatic N) is 1. The molecule has 0 bridgehead atoms.